The van der Waals surface area contributed by atoms with Crippen molar-refractivity contribution in [2.75, 3.05) is 12.3 Å². The van der Waals surface area contributed by atoms with E-state index in [1.165, 1.54) is 23.5 Å². The Kier molecular flexibility index (Phi) is 15.3. The summed E-state index contributed by atoms with van der Waals surface area (Å²) in [5.74, 6) is -8.14. The lowest BCUT2D eigenvalue weighted by Crippen LogP contribution is -2.60. The predicted octanol–water partition coefficient (Wildman–Crippen LogP) is 1.91. The topological polar surface area (TPSA) is 217 Å². The molecule has 2 aromatic rings. The number of benzene rings is 1. The molecule has 5 amide bonds. The molecule has 0 spiro atoms. The van der Waals surface area contributed by atoms with E-state index in [4.69, 9.17) is 0 Å². The molecule has 17 heteroatoms. The average molecular weight is 784 g/mol. The van der Waals surface area contributed by atoms with Crippen LogP contribution in [0.3, 0.4) is 0 Å². The summed E-state index contributed by atoms with van der Waals surface area (Å²) in [7, 11) is 0. The van der Waals surface area contributed by atoms with Gasteiger partial charge < -0.3 is 31.3 Å². The summed E-state index contributed by atoms with van der Waals surface area (Å²) in [4.78, 5) is 103. The number of Topliss-reactive ketones (excluding diaryl/α,β-unsaturated/α-hetero) is 1. The zero-order valence-electron chi connectivity index (χ0n) is 31.6. The van der Waals surface area contributed by atoms with E-state index >= 15 is 4.39 Å². The summed E-state index contributed by atoms with van der Waals surface area (Å²) in [5.41, 5.74) is 0.620. The van der Waals surface area contributed by atoms with Crippen molar-refractivity contribution in [3.05, 3.63) is 60.2 Å². The van der Waals surface area contributed by atoms with Crippen LogP contribution in [-0.4, -0.2) is 109 Å². The van der Waals surface area contributed by atoms with Gasteiger partial charge in [-0.1, -0.05) is 65.0 Å². The van der Waals surface area contributed by atoms with Crippen molar-refractivity contribution in [1.29, 1.82) is 0 Å². The Morgan fingerprint density at radius 1 is 0.909 bits per heavy atom. The first-order valence-electron chi connectivity index (χ1n) is 18.5. The predicted molar refractivity (Wildman–Crippen MR) is 201 cm³/mol. The monoisotopic (exact) mass is 783 g/mol. The molecule has 1 aromatic carbocycles. The van der Waals surface area contributed by atoms with Crippen molar-refractivity contribution in [3.63, 3.8) is 0 Å². The molecule has 5 unspecified atom stereocenters. The molecular formula is C38H50FN7O8S. The molecule has 1 saturated heterocycles. The number of carboxylic acids is 1. The molecular weight excluding hydrogens is 734 g/mol. The number of aliphatic carboxylic acids is 1. The second-order valence-corrected chi connectivity index (χ2v) is 15.8. The zero-order valence-corrected chi connectivity index (χ0v) is 32.4. The fraction of sp³-hybridized carbons (Fsp3) is 0.553. The van der Waals surface area contributed by atoms with Crippen LogP contribution in [0.25, 0.3) is 0 Å². The van der Waals surface area contributed by atoms with E-state index in [0.717, 1.165) is 11.8 Å². The minimum atomic E-state index is -1.43. The number of fused-ring (bicyclic) bond motifs is 1. The number of rotatable bonds is 18. The molecule has 2 heterocycles. The van der Waals surface area contributed by atoms with E-state index in [1.807, 2.05) is 6.92 Å². The Balaban J connectivity index is 1.53. The molecule has 298 valence electrons. The highest BCUT2D eigenvalue weighted by Gasteiger charge is 2.55. The van der Waals surface area contributed by atoms with E-state index in [9.17, 15) is 38.7 Å². The molecule has 8 atom stereocenters. The Bertz CT molecular complexity index is 1700. The summed E-state index contributed by atoms with van der Waals surface area (Å²) in [6, 6.07) is 3.67. The number of hydrogen-bond acceptors (Lipinski definition) is 10. The van der Waals surface area contributed by atoms with Crippen LogP contribution in [0.1, 0.15) is 69.9 Å². The number of aromatic nitrogens is 2. The number of alkyl halides is 1. The fourth-order valence-corrected chi connectivity index (χ4v) is 7.89. The largest absolute Gasteiger partial charge is 0.480 e. The van der Waals surface area contributed by atoms with Gasteiger partial charge in [0.2, 0.25) is 17.7 Å². The number of ketones is 1. The maximum absolute atomic E-state index is 15.2. The number of thioether (sulfide) groups is 1. The van der Waals surface area contributed by atoms with Crippen molar-refractivity contribution < 1.29 is 43.1 Å². The molecule has 1 aromatic heterocycles. The van der Waals surface area contributed by atoms with Crippen molar-refractivity contribution in [3.8, 4) is 0 Å². The number of likely N-dealkylation sites (tertiary alicyclic amines) is 1. The summed E-state index contributed by atoms with van der Waals surface area (Å²) in [5, 5.41) is 18.7. The van der Waals surface area contributed by atoms with Crippen molar-refractivity contribution in [1.82, 2.24) is 36.1 Å². The van der Waals surface area contributed by atoms with Gasteiger partial charge in [-0.15, -0.1) is 11.8 Å². The lowest BCUT2D eigenvalue weighted by Gasteiger charge is -2.33. The molecule has 55 heavy (non-hydrogen) atoms. The van der Waals surface area contributed by atoms with Crippen LogP contribution in [-0.2, 0) is 35.2 Å². The van der Waals surface area contributed by atoms with E-state index < -0.39 is 101 Å². The Morgan fingerprint density at radius 3 is 2.20 bits per heavy atom. The van der Waals surface area contributed by atoms with Crippen LogP contribution in [0, 0.1) is 23.7 Å². The summed E-state index contributed by atoms with van der Waals surface area (Å²) >= 11 is 0.981. The number of nitrogens with one attached hydrogen (secondary N) is 4. The molecule has 4 rings (SSSR count). The van der Waals surface area contributed by atoms with E-state index in [-0.39, 0.29) is 31.5 Å². The highest BCUT2D eigenvalue weighted by Crippen LogP contribution is 2.44. The zero-order chi connectivity index (χ0) is 40.4. The van der Waals surface area contributed by atoms with Crippen LogP contribution in [0.2, 0.25) is 0 Å². The van der Waals surface area contributed by atoms with E-state index in [1.54, 1.807) is 58.0 Å². The molecule has 15 nitrogen and oxygen atoms in total. The smallest absolute Gasteiger partial charge is 0.326 e. The van der Waals surface area contributed by atoms with E-state index in [2.05, 4.69) is 31.2 Å². The number of nitrogens with zero attached hydrogens (tertiary/aromatic N) is 3. The van der Waals surface area contributed by atoms with Crippen molar-refractivity contribution >= 4 is 53.1 Å². The third kappa shape index (κ3) is 10.9. The number of carbonyl (C=O) groups is 7. The van der Waals surface area contributed by atoms with Crippen LogP contribution in [0.5, 0.6) is 0 Å². The summed E-state index contributed by atoms with van der Waals surface area (Å²) in [6.07, 6.45) is 3.66. The van der Waals surface area contributed by atoms with Gasteiger partial charge in [-0.2, -0.15) is 0 Å². The highest BCUT2D eigenvalue weighted by atomic mass is 32.2. The highest BCUT2D eigenvalue weighted by molar-refractivity contribution is 8.00. The molecule has 1 aliphatic heterocycles. The normalized spacial score (nSPS) is 21.2. The van der Waals surface area contributed by atoms with Gasteiger partial charge in [0.05, 0.1) is 6.20 Å². The molecule has 0 radical (unpaired) electrons. The first-order chi connectivity index (χ1) is 26.1. The molecule has 1 aliphatic carbocycles. The van der Waals surface area contributed by atoms with Crippen LogP contribution >= 0.6 is 11.8 Å². The average Bonchev–Trinajstić information content (AvgIpc) is 3.72. The Hall–Kier alpha value is -4.93. The lowest BCUT2D eigenvalue weighted by molar-refractivity contribution is -0.145. The van der Waals surface area contributed by atoms with Gasteiger partial charge in [-0.25, -0.2) is 14.2 Å². The minimum absolute atomic E-state index is 0.00377. The Morgan fingerprint density at radius 2 is 1.60 bits per heavy atom. The summed E-state index contributed by atoms with van der Waals surface area (Å²) < 4.78 is 15.2. The lowest BCUT2D eigenvalue weighted by atomic mass is 9.92. The second kappa shape index (κ2) is 19.6. The number of halogens is 1. The van der Waals surface area contributed by atoms with Crippen LogP contribution < -0.4 is 21.3 Å². The van der Waals surface area contributed by atoms with E-state index in [0.29, 0.717) is 17.7 Å². The van der Waals surface area contributed by atoms with Gasteiger partial charge in [0, 0.05) is 31.3 Å². The summed E-state index contributed by atoms with van der Waals surface area (Å²) in [6.45, 7) is 8.56. The number of carboxylic acid groups (broad SMARTS) is 1. The molecule has 0 bridgehead atoms. The van der Waals surface area contributed by atoms with Crippen molar-refractivity contribution in [2.45, 2.75) is 96.0 Å². The first kappa shape index (κ1) is 42.8. The molecule has 1 saturated carbocycles. The van der Waals surface area contributed by atoms with Crippen LogP contribution in [0.4, 0.5) is 4.39 Å². The molecule has 2 aliphatic rings. The van der Waals surface area contributed by atoms with Gasteiger partial charge >= 0.3 is 5.97 Å². The van der Waals surface area contributed by atoms with Gasteiger partial charge in [-0.3, -0.25) is 33.8 Å². The van der Waals surface area contributed by atoms with Crippen molar-refractivity contribution in [2.24, 2.45) is 23.7 Å². The third-order valence-electron chi connectivity index (χ3n) is 9.86. The first-order valence-corrected chi connectivity index (χ1v) is 19.5. The Labute approximate surface area is 323 Å². The molecule has 2 fully saturated rings. The van der Waals surface area contributed by atoms with Gasteiger partial charge in [-0.05, 0) is 48.3 Å². The third-order valence-corrected chi connectivity index (χ3v) is 11.2. The standard InChI is InChI=1S/C38H50FN7O8S/c1-6-16-55-36(31(47)35(51)42-26(38(53)54)17-22-10-8-7-9-11-22)45-34(50)30-23-12-13-25(39)24(23)19-46(30)37(52)29(21(4)5)44-33(49)28(20(2)3)43-32(48)27-18-40-14-15-41-27/h7-11,14-15,18,20-21,23-26,28-30,36H,6,12-13,16-17,19H2,1-5H3,(H,42,51)(H,43,48)(H,44,49)(H,45,50)(H,53,54)/t23-,24-,25?,26-,28?,29?,30?,36?/m0/s1. The van der Waals surface area contributed by atoms with Crippen LogP contribution in [0.15, 0.2) is 48.9 Å². The number of amides is 5. The maximum Gasteiger partial charge on any atom is 0.326 e. The second-order valence-electron chi connectivity index (χ2n) is 14.6. The van der Waals surface area contributed by atoms with Gasteiger partial charge in [0.15, 0.2) is 0 Å². The number of hydrogen-bond donors (Lipinski definition) is 5. The number of carbonyl (C=O) groups excluding carboxylic acids is 6. The van der Waals surface area contributed by atoms with Gasteiger partial charge in [0.1, 0.15) is 41.4 Å². The fourth-order valence-electron chi connectivity index (χ4n) is 6.96. The van der Waals surface area contributed by atoms with Gasteiger partial charge in [0.25, 0.3) is 17.6 Å². The molecule has 5 N–H and O–H groups in total. The quantitative estimate of drug-likeness (QED) is 0.109. The maximum atomic E-state index is 15.2. The SMILES string of the molecule is CCCSC(NC(=O)C1[C@H]2CCC(F)[C@H]2CN1C(=O)C(NC(=O)C(NC(=O)c1cnccn1)C(C)C)C(C)C)C(=O)C(=O)N[C@@H](Cc1ccccc1)C(=O)O. The minimum Gasteiger partial charge on any atom is -0.480 e.